The van der Waals surface area contributed by atoms with Gasteiger partial charge in [-0.05, 0) is 55.5 Å². The number of aromatic nitrogens is 3. The van der Waals surface area contributed by atoms with Crippen molar-refractivity contribution in [1.29, 1.82) is 0 Å². The van der Waals surface area contributed by atoms with Gasteiger partial charge in [0.25, 0.3) is 0 Å². The van der Waals surface area contributed by atoms with Crippen molar-refractivity contribution in [3.63, 3.8) is 0 Å². The lowest BCUT2D eigenvalue weighted by molar-refractivity contribution is -0.115. The van der Waals surface area contributed by atoms with Crippen LogP contribution < -0.4 is 10.2 Å². The summed E-state index contributed by atoms with van der Waals surface area (Å²) >= 11 is 3.13. The number of nitrogens with one attached hydrogen (secondary N) is 1. The first kappa shape index (κ1) is 20.5. The third-order valence-electron chi connectivity index (χ3n) is 5.48. The van der Waals surface area contributed by atoms with Crippen LogP contribution in [0.5, 0.6) is 0 Å². The van der Waals surface area contributed by atoms with E-state index in [1.165, 1.54) is 11.8 Å². The highest BCUT2D eigenvalue weighted by Gasteiger charge is 2.31. The fourth-order valence-corrected chi connectivity index (χ4v) is 5.25. The molecular weight excluding hydrogens is 430 g/mol. The van der Waals surface area contributed by atoms with Gasteiger partial charge in [0.05, 0.1) is 23.3 Å². The molecule has 1 atom stereocenters. The molecule has 2 fully saturated rings. The van der Waals surface area contributed by atoms with E-state index >= 15 is 0 Å². The van der Waals surface area contributed by atoms with Crippen molar-refractivity contribution >= 4 is 40.4 Å². The lowest BCUT2D eigenvalue weighted by atomic mass is 10.2. The summed E-state index contributed by atoms with van der Waals surface area (Å²) < 4.78 is 7.62. The van der Waals surface area contributed by atoms with Gasteiger partial charge in [-0.15, -0.1) is 21.5 Å². The number of thioether (sulfide) groups is 1. The number of nitrogens with zero attached hydrogens (tertiary/aromatic N) is 4. The average Bonchev–Trinajstić information content (AvgIpc) is 3.32. The van der Waals surface area contributed by atoms with E-state index in [-0.39, 0.29) is 11.2 Å². The van der Waals surface area contributed by atoms with Gasteiger partial charge in [-0.25, -0.2) is 0 Å². The maximum absolute atomic E-state index is 12.8. The number of rotatable bonds is 7. The molecule has 5 rings (SSSR count). The van der Waals surface area contributed by atoms with Gasteiger partial charge in [0.2, 0.25) is 5.91 Å². The number of hydrogen-bond donors (Lipinski definition) is 1. The van der Waals surface area contributed by atoms with Crippen molar-refractivity contribution < 1.29 is 9.53 Å². The van der Waals surface area contributed by atoms with E-state index < -0.39 is 0 Å². The van der Waals surface area contributed by atoms with Crippen molar-refractivity contribution in [3.05, 3.63) is 41.8 Å². The van der Waals surface area contributed by atoms with E-state index in [0.717, 1.165) is 66.4 Å². The molecule has 9 heteroatoms. The molecule has 1 saturated heterocycles. The van der Waals surface area contributed by atoms with Crippen LogP contribution in [0.1, 0.15) is 25.8 Å². The molecule has 3 heterocycles. The zero-order valence-corrected chi connectivity index (χ0v) is 19.0. The van der Waals surface area contributed by atoms with Crippen LogP contribution in [0.2, 0.25) is 0 Å². The summed E-state index contributed by atoms with van der Waals surface area (Å²) in [6, 6.07) is 12.6. The average molecular weight is 456 g/mol. The van der Waals surface area contributed by atoms with Crippen molar-refractivity contribution in [2.24, 2.45) is 0 Å². The predicted octanol–water partition coefficient (Wildman–Crippen LogP) is 4.30. The van der Waals surface area contributed by atoms with E-state index in [4.69, 9.17) is 4.74 Å². The molecule has 1 aliphatic carbocycles. The second-order valence-electron chi connectivity index (χ2n) is 7.78. The lowest BCUT2D eigenvalue weighted by Crippen LogP contribution is -2.36. The Morgan fingerprint density at radius 1 is 1.19 bits per heavy atom. The van der Waals surface area contributed by atoms with E-state index in [9.17, 15) is 4.79 Å². The Balaban J connectivity index is 1.24. The van der Waals surface area contributed by atoms with E-state index in [1.54, 1.807) is 11.3 Å². The number of amides is 1. The molecule has 0 radical (unpaired) electrons. The number of morpholine rings is 1. The van der Waals surface area contributed by atoms with Crippen LogP contribution in [0.3, 0.4) is 0 Å². The topological polar surface area (TPSA) is 72.3 Å². The first-order valence-corrected chi connectivity index (χ1v) is 12.3. The van der Waals surface area contributed by atoms with E-state index in [0.29, 0.717) is 6.04 Å². The van der Waals surface area contributed by atoms with Crippen molar-refractivity contribution in [1.82, 2.24) is 14.8 Å². The Hall–Kier alpha value is -2.36. The number of ether oxygens (including phenoxy) is 1. The Labute approximate surface area is 189 Å². The molecule has 0 unspecified atom stereocenters. The van der Waals surface area contributed by atoms with Gasteiger partial charge >= 0.3 is 0 Å². The first-order valence-electron chi connectivity index (χ1n) is 10.6. The standard InChI is InChI=1S/C22H25N5O2S2/c1-15(21(28)23-16-4-6-17(7-5-16)26-10-12-29-13-11-26)31-22-25-24-20(19-3-2-14-30-19)27(22)18-8-9-18/h2-7,14-15,18H,8-13H2,1H3,(H,23,28)/t15-/m0/s1. The number of carbonyl (C=O) groups is 1. The summed E-state index contributed by atoms with van der Waals surface area (Å²) in [5.41, 5.74) is 1.96. The maximum Gasteiger partial charge on any atom is 0.237 e. The van der Waals surface area contributed by atoms with Gasteiger partial charge in [0.15, 0.2) is 11.0 Å². The smallest absolute Gasteiger partial charge is 0.237 e. The van der Waals surface area contributed by atoms with Crippen LogP contribution in [-0.2, 0) is 9.53 Å². The summed E-state index contributed by atoms with van der Waals surface area (Å²) in [6.07, 6.45) is 2.28. The minimum absolute atomic E-state index is 0.0351. The predicted molar refractivity (Wildman–Crippen MR) is 125 cm³/mol. The summed E-state index contributed by atoms with van der Waals surface area (Å²) in [4.78, 5) is 16.2. The molecule has 1 aliphatic heterocycles. The van der Waals surface area contributed by atoms with Crippen molar-refractivity contribution in [3.8, 4) is 10.7 Å². The summed E-state index contributed by atoms with van der Waals surface area (Å²) in [7, 11) is 0. The first-order chi connectivity index (χ1) is 15.2. The van der Waals surface area contributed by atoms with Crippen molar-refractivity contribution in [2.75, 3.05) is 36.5 Å². The Morgan fingerprint density at radius 3 is 2.65 bits per heavy atom. The van der Waals surface area contributed by atoms with Crippen LogP contribution in [-0.4, -0.2) is 52.2 Å². The number of anilines is 2. The molecule has 2 aromatic heterocycles. The molecule has 3 aromatic rings. The minimum atomic E-state index is -0.281. The molecule has 7 nitrogen and oxygen atoms in total. The van der Waals surface area contributed by atoms with Crippen LogP contribution in [0.15, 0.2) is 46.9 Å². The molecule has 1 saturated carbocycles. The molecule has 1 amide bonds. The number of thiophene rings is 1. The fraction of sp³-hybridized carbons (Fsp3) is 0.409. The summed E-state index contributed by atoms with van der Waals surface area (Å²) in [5.74, 6) is 0.874. The van der Waals surface area contributed by atoms with Crippen LogP contribution in [0.25, 0.3) is 10.7 Å². The molecule has 162 valence electrons. The van der Waals surface area contributed by atoms with E-state index in [2.05, 4.69) is 48.6 Å². The SMILES string of the molecule is C[C@H](Sc1nnc(-c2cccs2)n1C1CC1)C(=O)Nc1ccc(N2CCOCC2)cc1. The van der Waals surface area contributed by atoms with Crippen LogP contribution in [0, 0.1) is 0 Å². The highest BCUT2D eigenvalue weighted by Crippen LogP contribution is 2.42. The largest absolute Gasteiger partial charge is 0.378 e. The van der Waals surface area contributed by atoms with Gasteiger partial charge in [-0.2, -0.15) is 0 Å². The summed E-state index contributed by atoms with van der Waals surface area (Å²) in [6.45, 7) is 5.22. The Morgan fingerprint density at radius 2 is 1.97 bits per heavy atom. The molecule has 1 N–H and O–H groups in total. The molecule has 1 aromatic carbocycles. The molecule has 0 bridgehead atoms. The Kier molecular flexibility index (Phi) is 5.97. The quantitative estimate of drug-likeness (QED) is 0.536. The van der Waals surface area contributed by atoms with Gasteiger partial charge in [0.1, 0.15) is 0 Å². The second-order valence-corrected chi connectivity index (χ2v) is 10.0. The lowest BCUT2D eigenvalue weighted by Gasteiger charge is -2.28. The molecule has 31 heavy (non-hydrogen) atoms. The number of hydrogen-bond acceptors (Lipinski definition) is 7. The van der Waals surface area contributed by atoms with Crippen LogP contribution in [0.4, 0.5) is 11.4 Å². The maximum atomic E-state index is 12.8. The van der Waals surface area contributed by atoms with Crippen LogP contribution >= 0.6 is 23.1 Å². The summed E-state index contributed by atoms with van der Waals surface area (Å²) in [5, 5.41) is 14.5. The van der Waals surface area contributed by atoms with Gasteiger partial charge in [-0.1, -0.05) is 17.8 Å². The third kappa shape index (κ3) is 4.63. The monoisotopic (exact) mass is 455 g/mol. The Bertz CT molecular complexity index is 1020. The minimum Gasteiger partial charge on any atom is -0.378 e. The molecule has 2 aliphatic rings. The fourth-order valence-electron chi connectivity index (χ4n) is 3.63. The highest BCUT2D eigenvalue weighted by molar-refractivity contribution is 8.00. The zero-order chi connectivity index (χ0) is 21.2. The third-order valence-corrected chi connectivity index (χ3v) is 7.40. The van der Waals surface area contributed by atoms with Gasteiger partial charge in [0, 0.05) is 30.5 Å². The highest BCUT2D eigenvalue weighted by atomic mass is 32.2. The second kappa shape index (κ2) is 9.02. The molecule has 0 spiro atoms. The number of carbonyl (C=O) groups excluding carboxylic acids is 1. The van der Waals surface area contributed by atoms with E-state index in [1.807, 2.05) is 25.1 Å². The zero-order valence-electron chi connectivity index (χ0n) is 17.4. The molecular formula is C22H25N5O2S2. The van der Waals surface area contributed by atoms with Gasteiger partial charge in [-0.3, -0.25) is 9.36 Å². The normalized spacial score (nSPS) is 17.5. The van der Waals surface area contributed by atoms with Gasteiger partial charge < -0.3 is 15.0 Å². The number of benzene rings is 1. The van der Waals surface area contributed by atoms with Crippen molar-refractivity contribution in [2.45, 2.75) is 36.2 Å².